The highest BCUT2D eigenvalue weighted by Gasteiger charge is 1.86. The molecule has 60 valence electrons. The number of carbonyl (C=O) groups is 2. The van der Waals surface area contributed by atoms with E-state index in [1.54, 1.807) is 6.08 Å². The van der Waals surface area contributed by atoms with Gasteiger partial charge < -0.3 is 5.32 Å². The van der Waals surface area contributed by atoms with Gasteiger partial charge in [-0.1, -0.05) is 12.7 Å². The number of allylic oxidation sites excluding steroid dienone is 2. The van der Waals surface area contributed by atoms with Crippen LogP contribution in [0.1, 0.15) is 6.92 Å². The Morgan fingerprint density at radius 3 is 2.64 bits per heavy atom. The van der Waals surface area contributed by atoms with Gasteiger partial charge in [-0.15, -0.1) is 0 Å². The summed E-state index contributed by atoms with van der Waals surface area (Å²) in [7, 11) is 0. The van der Waals surface area contributed by atoms with Crippen LogP contribution in [0.3, 0.4) is 0 Å². The van der Waals surface area contributed by atoms with E-state index in [9.17, 15) is 9.59 Å². The van der Waals surface area contributed by atoms with Crippen LogP contribution in [0.5, 0.6) is 0 Å². The summed E-state index contributed by atoms with van der Waals surface area (Å²) in [5.41, 5.74) is 0. The fraction of sp³-hybridized carbons (Fsp3) is 0.250. The summed E-state index contributed by atoms with van der Waals surface area (Å²) in [6.07, 6.45) is 4.15. The van der Waals surface area contributed by atoms with Gasteiger partial charge in [0.15, 0.2) is 5.78 Å². The van der Waals surface area contributed by atoms with Crippen molar-refractivity contribution in [2.75, 3.05) is 6.54 Å². The predicted octanol–water partition coefficient (Wildman–Crippen LogP) is 0.434. The lowest BCUT2D eigenvalue weighted by molar-refractivity contribution is -0.118. The minimum atomic E-state index is -0.157. The van der Waals surface area contributed by atoms with Crippen molar-refractivity contribution in [3.05, 3.63) is 24.8 Å². The molecule has 0 aliphatic rings. The molecule has 0 fully saturated rings. The highest BCUT2D eigenvalue weighted by Crippen LogP contribution is 1.76. The molecule has 0 heterocycles. The summed E-state index contributed by atoms with van der Waals surface area (Å²) in [6, 6.07) is 0. The van der Waals surface area contributed by atoms with E-state index < -0.39 is 0 Å². The van der Waals surface area contributed by atoms with Crippen molar-refractivity contribution in [1.82, 2.24) is 5.32 Å². The molecule has 0 aliphatic heterocycles. The van der Waals surface area contributed by atoms with Gasteiger partial charge in [-0.3, -0.25) is 9.59 Å². The van der Waals surface area contributed by atoms with E-state index in [1.165, 1.54) is 19.1 Å². The molecule has 0 aromatic carbocycles. The maximum atomic E-state index is 10.5. The molecule has 0 saturated heterocycles. The Hall–Kier alpha value is -1.38. The Balaban J connectivity index is 3.52. The number of rotatable bonds is 4. The topological polar surface area (TPSA) is 46.2 Å². The highest BCUT2D eigenvalue weighted by molar-refractivity contribution is 5.98. The standard InChI is InChI=1S/C8H11NO2/c1-3-8(11)5-4-6-9-7(2)10/h3-5H,1,6H2,2H3,(H,9,10)/b5-4-. The van der Waals surface area contributed by atoms with Gasteiger partial charge in [-0.2, -0.15) is 0 Å². The average Bonchev–Trinajstić information content (AvgIpc) is 1.97. The lowest BCUT2D eigenvalue weighted by Gasteiger charge is -1.92. The molecule has 0 rings (SSSR count). The van der Waals surface area contributed by atoms with Crippen LogP contribution in [-0.2, 0) is 9.59 Å². The molecule has 0 unspecified atom stereocenters. The first kappa shape index (κ1) is 9.62. The smallest absolute Gasteiger partial charge is 0.217 e. The third kappa shape index (κ3) is 6.51. The quantitative estimate of drug-likeness (QED) is 0.595. The largest absolute Gasteiger partial charge is 0.353 e. The Bertz CT molecular complexity index is 194. The van der Waals surface area contributed by atoms with Gasteiger partial charge in [0.25, 0.3) is 0 Å². The molecule has 0 radical (unpaired) electrons. The van der Waals surface area contributed by atoms with Gasteiger partial charge in [0.05, 0.1) is 0 Å². The van der Waals surface area contributed by atoms with Crippen LogP contribution >= 0.6 is 0 Å². The fourth-order valence-corrected chi connectivity index (χ4v) is 0.446. The maximum absolute atomic E-state index is 10.5. The van der Waals surface area contributed by atoms with Gasteiger partial charge >= 0.3 is 0 Å². The molecule has 0 bridgehead atoms. The number of ketones is 1. The zero-order chi connectivity index (χ0) is 8.69. The molecule has 1 N–H and O–H groups in total. The second kappa shape index (κ2) is 5.41. The van der Waals surface area contributed by atoms with Gasteiger partial charge in [-0.05, 0) is 12.2 Å². The molecule has 0 aliphatic carbocycles. The Morgan fingerprint density at radius 2 is 2.18 bits per heavy atom. The average molecular weight is 153 g/mol. The van der Waals surface area contributed by atoms with Crippen molar-refractivity contribution >= 4 is 11.7 Å². The fourth-order valence-electron chi connectivity index (χ4n) is 0.446. The number of hydrogen-bond acceptors (Lipinski definition) is 2. The van der Waals surface area contributed by atoms with E-state index in [2.05, 4.69) is 11.9 Å². The molecule has 3 nitrogen and oxygen atoms in total. The van der Waals surface area contributed by atoms with E-state index in [4.69, 9.17) is 0 Å². The first-order valence-corrected chi connectivity index (χ1v) is 3.24. The molecule has 0 saturated carbocycles. The lowest BCUT2D eigenvalue weighted by Crippen LogP contribution is -2.19. The second-order valence-electron chi connectivity index (χ2n) is 1.95. The number of hydrogen-bond donors (Lipinski definition) is 1. The molecule has 11 heavy (non-hydrogen) atoms. The maximum Gasteiger partial charge on any atom is 0.217 e. The molecule has 1 amide bonds. The van der Waals surface area contributed by atoms with Crippen molar-refractivity contribution in [3.63, 3.8) is 0 Å². The number of carbonyl (C=O) groups excluding carboxylic acids is 2. The van der Waals surface area contributed by atoms with Crippen LogP contribution < -0.4 is 5.32 Å². The van der Waals surface area contributed by atoms with Crippen LogP contribution in [0, 0.1) is 0 Å². The Morgan fingerprint density at radius 1 is 1.55 bits per heavy atom. The first-order valence-electron chi connectivity index (χ1n) is 3.24. The molecular formula is C8H11NO2. The molecule has 3 heteroatoms. The van der Waals surface area contributed by atoms with Crippen molar-refractivity contribution in [1.29, 1.82) is 0 Å². The minimum absolute atomic E-state index is 0.110. The summed E-state index contributed by atoms with van der Waals surface area (Å²) in [5, 5.41) is 2.51. The summed E-state index contributed by atoms with van der Waals surface area (Å²) in [6.45, 7) is 5.09. The van der Waals surface area contributed by atoms with Crippen LogP contribution in [-0.4, -0.2) is 18.2 Å². The van der Waals surface area contributed by atoms with Gasteiger partial charge in [-0.25, -0.2) is 0 Å². The van der Waals surface area contributed by atoms with Crippen molar-refractivity contribution < 1.29 is 9.59 Å². The zero-order valence-electron chi connectivity index (χ0n) is 6.46. The molecule has 0 aromatic rings. The Labute approximate surface area is 65.8 Å². The number of nitrogens with one attached hydrogen (secondary N) is 1. The van der Waals surface area contributed by atoms with E-state index in [0.717, 1.165) is 0 Å². The molecule has 0 atom stereocenters. The van der Waals surface area contributed by atoms with Gasteiger partial charge in [0.2, 0.25) is 5.91 Å². The SMILES string of the molecule is C=CC(=O)/C=C\CNC(C)=O. The normalized spacial score (nSPS) is 9.55. The number of amides is 1. The minimum Gasteiger partial charge on any atom is -0.353 e. The van der Waals surface area contributed by atoms with Crippen molar-refractivity contribution in [2.24, 2.45) is 0 Å². The van der Waals surface area contributed by atoms with Crippen LogP contribution in [0.4, 0.5) is 0 Å². The third-order valence-electron chi connectivity index (χ3n) is 0.952. The summed E-state index contributed by atoms with van der Waals surface area (Å²) < 4.78 is 0. The first-order chi connectivity index (χ1) is 5.16. The zero-order valence-corrected chi connectivity index (χ0v) is 6.46. The molecule has 0 aromatic heterocycles. The van der Waals surface area contributed by atoms with E-state index in [0.29, 0.717) is 6.54 Å². The van der Waals surface area contributed by atoms with Crippen LogP contribution in [0.15, 0.2) is 24.8 Å². The van der Waals surface area contributed by atoms with Crippen LogP contribution in [0.25, 0.3) is 0 Å². The van der Waals surface area contributed by atoms with E-state index in [-0.39, 0.29) is 11.7 Å². The van der Waals surface area contributed by atoms with Gasteiger partial charge in [0.1, 0.15) is 0 Å². The monoisotopic (exact) mass is 153 g/mol. The molecular weight excluding hydrogens is 142 g/mol. The van der Waals surface area contributed by atoms with E-state index >= 15 is 0 Å². The van der Waals surface area contributed by atoms with Crippen molar-refractivity contribution in [2.45, 2.75) is 6.92 Å². The van der Waals surface area contributed by atoms with E-state index in [1.807, 2.05) is 0 Å². The predicted molar refractivity (Wildman–Crippen MR) is 43.0 cm³/mol. The highest BCUT2D eigenvalue weighted by atomic mass is 16.1. The summed E-state index contributed by atoms with van der Waals surface area (Å²) in [4.78, 5) is 20.8. The van der Waals surface area contributed by atoms with Crippen LogP contribution in [0.2, 0.25) is 0 Å². The van der Waals surface area contributed by atoms with Crippen molar-refractivity contribution in [3.8, 4) is 0 Å². The summed E-state index contributed by atoms with van der Waals surface area (Å²) in [5.74, 6) is -0.268. The second-order valence-corrected chi connectivity index (χ2v) is 1.95. The Kier molecular flexibility index (Phi) is 4.73. The molecule has 0 spiro atoms. The lowest BCUT2D eigenvalue weighted by atomic mass is 10.3. The van der Waals surface area contributed by atoms with Gasteiger partial charge in [0, 0.05) is 13.5 Å². The third-order valence-corrected chi connectivity index (χ3v) is 0.952. The summed E-state index contributed by atoms with van der Waals surface area (Å²) >= 11 is 0.